The number of hydrogen-bond donors (Lipinski definition) is 0. The highest BCUT2D eigenvalue weighted by molar-refractivity contribution is 6.08. The van der Waals surface area contributed by atoms with Crippen LogP contribution < -0.4 is 9.64 Å². The fourth-order valence-corrected chi connectivity index (χ4v) is 4.38. The van der Waals surface area contributed by atoms with Crippen LogP contribution in [0.1, 0.15) is 33.7 Å². The molecule has 0 atom stereocenters. The summed E-state index contributed by atoms with van der Waals surface area (Å²) in [6, 6.07) is 9.97. The number of ether oxygens (including phenoxy) is 1. The third-order valence-corrected chi connectivity index (χ3v) is 6.16. The number of carbonyl (C=O) groups is 2. The number of Topliss-reactive ketones (excluding diaryl/α,β-unsaturated/α-hetero) is 1. The van der Waals surface area contributed by atoms with Gasteiger partial charge in [0.15, 0.2) is 5.78 Å². The topological polar surface area (TPSA) is 58.0 Å². The third-order valence-electron chi connectivity index (χ3n) is 6.16. The minimum atomic E-state index is -0.0220. The number of amides is 1. The van der Waals surface area contributed by atoms with Crippen molar-refractivity contribution in [3.8, 4) is 5.75 Å². The standard InChI is InChI=1S/C23H30N4O3/c1-24-11-7-20-21(28)8-12-27(23(29)22(20)24)10-4-9-25-13-15-26(16-14-25)18-5-3-6-19(17-18)30-2/h3,5-7,11,17H,4,8-10,12-16H2,1-2H3. The van der Waals surface area contributed by atoms with Gasteiger partial charge < -0.3 is 19.1 Å². The first-order chi connectivity index (χ1) is 14.6. The summed E-state index contributed by atoms with van der Waals surface area (Å²) in [4.78, 5) is 31.9. The van der Waals surface area contributed by atoms with Crippen molar-refractivity contribution in [2.45, 2.75) is 12.8 Å². The van der Waals surface area contributed by atoms with Crippen LogP contribution in [0.2, 0.25) is 0 Å². The summed E-state index contributed by atoms with van der Waals surface area (Å²) in [6.07, 6.45) is 3.12. The Morgan fingerprint density at radius 1 is 1.00 bits per heavy atom. The molecule has 4 rings (SSSR count). The second-order valence-corrected chi connectivity index (χ2v) is 8.04. The van der Waals surface area contributed by atoms with Gasteiger partial charge in [-0.15, -0.1) is 0 Å². The monoisotopic (exact) mass is 410 g/mol. The van der Waals surface area contributed by atoms with Crippen molar-refractivity contribution in [1.82, 2.24) is 14.4 Å². The molecule has 0 bridgehead atoms. The molecule has 0 spiro atoms. The molecule has 7 nitrogen and oxygen atoms in total. The van der Waals surface area contributed by atoms with Gasteiger partial charge in [-0.25, -0.2) is 0 Å². The van der Waals surface area contributed by atoms with Crippen molar-refractivity contribution in [1.29, 1.82) is 0 Å². The van der Waals surface area contributed by atoms with Gasteiger partial charge in [0.25, 0.3) is 5.91 Å². The molecule has 2 aliphatic heterocycles. The molecule has 2 aliphatic rings. The van der Waals surface area contributed by atoms with Crippen LogP contribution in [0.15, 0.2) is 36.5 Å². The van der Waals surface area contributed by atoms with Crippen molar-refractivity contribution in [2.75, 3.05) is 57.8 Å². The zero-order chi connectivity index (χ0) is 21.1. The van der Waals surface area contributed by atoms with E-state index in [1.807, 2.05) is 24.1 Å². The van der Waals surface area contributed by atoms with Crippen LogP contribution in [0.25, 0.3) is 0 Å². The van der Waals surface area contributed by atoms with Crippen molar-refractivity contribution >= 4 is 17.4 Å². The predicted octanol–water partition coefficient (Wildman–Crippen LogP) is 2.27. The van der Waals surface area contributed by atoms with Gasteiger partial charge in [0.05, 0.1) is 7.11 Å². The summed E-state index contributed by atoms with van der Waals surface area (Å²) >= 11 is 0. The number of piperazine rings is 1. The predicted molar refractivity (Wildman–Crippen MR) is 117 cm³/mol. The van der Waals surface area contributed by atoms with E-state index in [0.717, 1.165) is 44.9 Å². The van der Waals surface area contributed by atoms with Gasteiger partial charge in [-0.2, -0.15) is 0 Å². The van der Waals surface area contributed by atoms with E-state index in [4.69, 9.17) is 4.74 Å². The lowest BCUT2D eigenvalue weighted by Crippen LogP contribution is -2.47. The van der Waals surface area contributed by atoms with Crippen LogP contribution in [0.4, 0.5) is 5.69 Å². The van der Waals surface area contributed by atoms with Gasteiger partial charge in [-0.3, -0.25) is 14.5 Å². The van der Waals surface area contributed by atoms with Crippen molar-refractivity contribution in [3.05, 3.63) is 47.8 Å². The normalized spacial score (nSPS) is 17.8. The van der Waals surface area contributed by atoms with Crippen molar-refractivity contribution in [2.24, 2.45) is 7.05 Å². The molecule has 0 unspecified atom stereocenters. The number of rotatable bonds is 6. The molecule has 0 saturated carbocycles. The van der Waals surface area contributed by atoms with Crippen LogP contribution in [0, 0.1) is 0 Å². The zero-order valence-electron chi connectivity index (χ0n) is 17.8. The molecular weight excluding hydrogens is 380 g/mol. The molecular formula is C23H30N4O3. The molecule has 0 N–H and O–H groups in total. The van der Waals surface area contributed by atoms with Crippen LogP contribution in [0.5, 0.6) is 5.75 Å². The molecule has 1 aromatic heterocycles. The summed E-state index contributed by atoms with van der Waals surface area (Å²) in [5.74, 6) is 0.929. The molecule has 160 valence electrons. The second-order valence-electron chi connectivity index (χ2n) is 8.04. The number of nitrogens with zero attached hydrogens (tertiary/aromatic N) is 4. The maximum atomic E-state index is 12.9. The molecule has 0 aliphatic carbocycles. The number of hydrogen-bond acceptors (Lipinski definition) is 5. The van der Waals surface area contributed by atoms with E-state index in [9.17, 15) is 9.59 Å². The number of ketones is 1. The summed E-state index contributed by atoms with van der Waals surface area (Å²) < 4.78 is 7.10. The van der Waals surface area contributed by atoms with Gasteiger partial charge in [0, 0.05) is 76.3 Å². The van der Waals surface area contributed by atoms with Gasteiger partial charge in [-0.05, 0) is 31.2 Å². The first kappa shape index (κ1) is 20.5. The number of aryl methyl sites for hydroxylation is 1. The number of anilines is 1. The fourth-order valence-electron chi connectivity index (χ4n) is 4.38. The molecule has 7 heteroatoms. The Hall–Kier alpha value is -2.80. The fraction of sp³-hybridized carbons (Fsp3) is 0.478. The Labute approximate surface area is 177 Å². The number of benzene rings is 1. The maximum Gasteiger partial charge on any atom is 0.271 e. The average Bonchev–Trinajstić information content (AvgIpc) is 3.12. The number of fused-ring (bicyclic) bond motifs is 1. The smallest absolute Gasteiger partial charge is 0.271 e. The molecule has 1 saturated heterocycles. The molecule has 2 aromatic rings. The lowest BCUT2D eigenvalue weighted by molar-refractivity contribution is 0.0741. The van der Waals surface area contributed by atoms with E-state index in [2.05, 4.69) is 21.9 Å². The lowest BCUT2D eigenvalue weighted by atomic mass is 10.1. The number of carbonyl (C=O) groups excluding carboxylic acids is 2. The molecule has 3 heterocycles. The molecule has 1 fully saturated rings. The number of aromatic nitrogens is 1. The Morgan fingerprint density at radius 2 is 1.80 bits per heavy atom. The first-order valence-electron chi connectivity index (χ1n) is 10.7. The largest absolute Gasteiger partial charge is 0.497 e. The summed E-state index contributed by atoms with van der Waals surface area (Å²) in [5, 5.41) is 0. The zero-order valence-corrected chi connectivity index (χ0v) is 17.8. The Kier molecular flexibility index (Phi) is 6.08. The van der Waals surface area contributed by atoms with Crippen molar-refractivity contribution < 1.29 is 14.3 Å². The highest BCUT2D eigenvalue weighted by Crippen LogP contribution is 2.22. The quantitative estimate of drug-likeness (QED) is 0.731. The lowest BCUT2D eigenvalue weighted by Gasteiger charge is -2.36. The second kappa shape index (κ2) is 8.92. The van der Waals surface area contributed by atoms with E-state index in [0.29, 0.717) is 30.8 Å². The SMILES string of the molecule is COc1cccc(N2CCN(CCCN3CCC(=O)c4ccn(C)c4C3=O)CC2)c1. The summed E-state index contributed by atoms with van der Waals surface area (Å²) in [5.41, 5.74) is 2.30. The van der Waals surface area contributed by atoms with Gasteiger partial charge in [0.2, 0.25) is 0 Å². The minimum absolute atomic E-state index is 0.0220. The third kappa shape index (κ3) is 4.21. The Bertz CT molecular complexity index is 915. The average molecular weight is 411 g/mol. The van der Waals surface area contributed by atoms with Crippen molar-refractivity contribution in [3.63, 3.8) is 0 Å². The molecule has 1 amide bonds. The Morgan fingerprint density at radius 3 is 2.57 bits per heavy atom. The Balaban J connectivity index is 1.27. The highest BCUT2D eigenvalue weighted by atomic mass is 16.5. The van der Waals surface area contributed by atoms with E-state index in [-0.39, 0.29) is 11.7 Å². The first-order valence-corrected chi connectivity index (χ1v) is 10.7. The van der Waals surface area contributed by atoms with Gasteiger partial charge >= 0.3 is 0 Å². The van der Waals surface area contributed by atoms with Crippen LogP contribution >= 0.6 is 0 Å². The van der Waals surface area contributed by atoms with Crippen LogP contribution in [-0.2, 0) is 7.05 Å². The van der Waals surface area contributed by atoms with Crippen LogP contribution in [0.3, 0.4) is 0 Å². The summed E-state index contributed by atoms with van der Waals surface area (Å²) in [6.45, 7) is 6.14. The van der Waals surface area contributed by atoms with E-state index < -0.39 is 0 Å². The minimum Gasteiger partial charge on any atom is -0.497 e. The van der Waals surface area contributed by atoms with Crippen LogP contribution in [-0.4, -0.2) is 79.0 Å². The highest BCUT2D eigenvalue weighted by Gasteiger charge is 2.29. The molecule has 30 heavy (non-hydrogen) atoms. The van der Waals surface area contributed by atoms with Gasteiger partial charge in [0.1, 0.15) is 11.4 Å². The number of methoxy groups -OCH3 is 1. The van der Waals surface area contributed by atoms with E-state index >= 15 is 0 Å². The van der Waals surface area contributed by atoms with E-state index in [1.54, 1.807) is 23.9 Å². The molecule has 1 aromatic carbocycles. The van der Waals surface area contributed by atoms with E-state index in [1.165, 1.54) is 5.69 Å². The summed E-state index contributed by atoms with van der Waals surface area (Å²) in [7, 11) is 3.52. The van der Waals surface area contributed by atoms with Gasteiger partial charge in [-0.1, -0.05) is 6.07 Å². The maximum absolute atomic E-state index is 12.9. The molecule has 0 radical (unpaired) electrons.